The summed E-state index contributed by atoms with van der Waals surface area (Å²) < 4.78 is 28.4. The summed E-state index contributed by atoms with van der Waals surface area (Å²) in [7, 11) is 10.3. The molecule has 0 atom stereocenters. The molecule has 0 aliphatic heterocycles. The minimum Gasteiger partial charge on any atom is -0.260 e. The first-order valence-electron chi connectivity index (χ1n) is 37.8. The zero-order valence-electron chi connectivity index (χ0n) is 67.8. The van der Waals surface area contributed by atoms with Gasteiger partial charge < -0.3 is 0 Å². The molecule has 552 valence electrons. The van der Waals surface area contributed by atoms with Gasteiger partial charge in [0.05, 0.1) is 59.4 Å². The van der Waals surface area contributed by atoms with E-state index in [0.717, 1.165) is 56.4 Å². The van der Waals surface area contributed by atoms with Gasteiger partial charge in [-0.1, -0.05) is 172 Å². The maximum absolute atomic E-state index is 13.2. The molecule has 0 radical (unpaired) electrons. The van der Waals surface area contributed by atoms with Gasteiger partial charge in [0.25, 0.3) is 5.69 Å². The van der Waals surface area contributed by atoms with Crippen molar-refractivity contribution in [1.82, 2.24) is 19.3 Å². The van der Waals surface area contributed by atoms with Crippen LogP contribution in [0.3, 0.4) is 0 Å². The van der Waals surface area contributed by atoms with Crippen LogP contribution >= 0.6 is 0 Å². The molecule has 0 N–H and O–H groups in total. The Labute approximate surface area is 647 Å². The van der Waals surface area contributed by atoms with Gasteiger partial charge >= 0.3 is 0 Å². The van der Waals surface area contributed by atoms with Gasteiger partial charge in [0.1, 0.15) is 32.7 Å². The van der Waals surface area contributed by atoms with E-state index in [-0.39, 0.29) is 5.82 Å². The van der Waals surface area contributed by atoms with E-state index in [4.69, 9.17) is 4.98 Å². The predicted molar refractivity (Wildman–Crippen MR) is 445 cm³/mol. The Morgan fingerprint density at radius 3 is 1.36 bits per heavy atom. The van der Waals surface area contributed by atoms with Crippen LogP contribution in [-0.2, 0) is 35.2 Å². The number of aromatic nitrogens is 9. The van der Waals surface area contributed by atoms with Gasteiger partial charge in [0, 0.05) is 82.3 Å². The van der Waals surface area contributed by atoms with Crippen LogP contribution < -0.4 is 23.1 Å². The molecule has 0 saturated carbocycles. The number of benzene rings is 7. The highest BCUT2D eigenvalue weighted by Gasteiger charge is 2.30. The molecule has 0 unspecified atom stereocenters. The highest BCUT2D eigenvalue weighted by molar-refractivity contribution is 5.95. The number of hydrogen-bond donors (Lipinski definition) is 0. The van der Waals surface area contributed by atoms with Crippen LogP contribution in [0.1, 0.15) is 138 Å². The van der Waals surface area contributed by atoms with Gasteiger partial charge in [0.15, 0.2) is 18.6 Å². The first-order valence-corrected chi connectivity index (χ1v) is 37.8. The molecule has 14 aromatic rings. The first-order chi connectivity index (χ1) is 52.2. The smallest absolute Gasteiger partial charge is 0.259 e. The summed E-state index contributed by atoms with van der Waals surface area (Å²) in [6, 6.07) is 77.3. The molecule has 10 nitrogen and oxygen atoms in total. The van der Waals surface area contributed by atoms with Crippen molar-refractivity contribution in [2.45, 2.75) is 129 Å². The third-order valence-corrected chi connectivity index (χ3v) is 20.7. The largest absolute Gasteiger partial charge is 0.260 e. The summed E-state index contributed by atoms with van der Waals surface area (Å²) in [5.74, 6) is 1.21. The zero-order valence-corrected chi connectivity index (χ0v) is 67.8. The van der Waals surface area contributed by atoms with E-state index >= 15 is 0 Å². The van der Waals surface area contributed by atoms with Crippen LogP contribution in [0.2, 0.25) is 0 Å². The molecular formula is C98H108FN10+5. The molecule has 0 saturated heterocycles. The van der Waals surface area contributed by atoms with E-state index < -0.39 is 0 Å². The number of hydrogen-bond acceptors (Lipinski definition) is 3. The number of pyridine rings is 5. The molecule has 0 aliphatic rings. The number of halogens is 1. The van der Waals surface area contributed by atoms with Crippen LogP contribution in [0.5, 0.6) is 0 Å². The van der Waals surface area contributed by atoms with Crippen LogP contribution in [0.4, 0.5) is 4.39 Å². The Hall–Kier alpha value is -11.9. The van der Waals surface area contributed by atoms with Gasteiger partial charge in [-0.3, -0.25) is 9.97 Å². The SMILES string of the molecule is Cc1cc(C(C)C)ncc1-c1cccc[n+]1C.Cc1cc(C)c(-[n+]2cc(-c3c(-c4ccccc4)cccc3-c3ccccc3)c(C)n2C)c(C)n1.Cc1cc(F)cc(C)c1-c1cccc[n+]1C.Cc1ccc(C#N)cc1-[n+]1cc(-c2c(C(C)C)cccc2C(C)C)c(C)n1C.Cc1ccccc1-c1cccc[n+]1C. The second-order valence-corrected chi connectivity index (χ2v) is 29.6. The Morgan fingerprint density at radius 2 is 0.862 bits per heavy atom. The second-order valence-electron chi connectivity index (χ2n) is 29.6. The molecule has 109 heavy (non-hydrogen) atoms. The van der Waals surface area contributed by atoms with Crippen LogP contribution in [0.25, 0.3) is 89.7 Å². The fourth-order valence-corrected chi connectivity index (χ4v) is 14.6. The molecule has 7 heterocycles. The van der Waals surface area contributed by atoms with Crippen LogP contribution in [0.15, 0.2) is 256 Å². The standard InChI is InChI=1S/C31H30N3.C25H30N3.C15H19N2.C14H15FN.C13H14N/c1-21-19-22(2)32-23(3)31(21)34-20-29(24(4)33(34)5)30-27(25-13-8-6-9-14-25)17-12-18-28(30)26-15-10-7-11-16-26;1-16(2)21-9-8-10-22(17(3)4)25(21)23-15-28(27(7)19(23)6)24-13-20(14-26)12-11-18(24)5;1-11(2)14-9-12(3)13(10-16-14)15-7-5-6-8-17(15)4;1-10-8-12(15)9-11(2)14(10)13-6-4-5-7-16(13)3;1-11-7-3-4-8-12(11)13-9-5-6-10-14(13)2/h6-20H,1-5H3;8-13,15-17H,1-7H3;5-11H,1-4H3;4-9H,1-3H3;3-10H,1-2H3/q5*+1. The average molecular weight is 1450 g/mol. The number of nitriles is 1. The molecule has 0 aliphatic carbocycles. The van der Waals surface area contributed by atoms with Crippen molar-refractivity contribution in [2.75, 3.05) is 0 Å². The maximum atomic E-state index is 13.2. The first kappa shape index (κ1) is 79.7. The summed E-state index contributed by atoms with van der Waals surface area (Å²) in [5.41, 5.74) is 35.4. The van der Waals surface area contributed by atoms with E-state index in [1.807, 2.05) is 86.4 Å². The third-order valence-electron chi connectivity index (χ3n) is 20.7. The Balaban J connectivity index is 0.000000152. The van der Waals surface area contributed by atoms with Crippen molar-refractivity contribution in [3.63, 3.8) is 0 Å². The van der Waals surface area contributed by atoms with Crippen molar-refractivity contribution in [1.29, 1.82) is 5.26 Å². The lowest BCUT2D eigenvalue weighted by molar-refractivity contribution is -0.683. The van der Waals surface area contributed by atoms with E-state index in [9.17, 15) is 9.65 Å². The molecule has 0 fully saturated rings. The highest BCUT2D eigenvalue weighted by Crippen LogP contribution is 2.42. The molecule has 0 amide bonds. The topological polar surface area (TPSA) is 78.8 Å². The summed E-state index contributed by atoms with van der Waals surface area (Å²) in [6.07, 6.45) is 12.6. The predicted octanol–water partition coefficient (Wildman–Crippen LogP) is 21.1. The summed E-state index contributed by atoms with van der Waals surface area (Å²) in [5, 5.41) is 9.34. The normalized spacial score (nSPS) is 10.9. The van der Waals surface area contributed by atoms with E-state index in [2.05, 4.69) is 347 Å². The molecule has 7 aromatic carbocycles. The minimum atomic E-state index is -0.169. The van der Waals surface area contributed by atoms with E-state index in [0.29, 0.717) is 23.3 Å². The average Bonchev–Trinajstić information content (AvgIpc) is 1.64. The lowest BCUT2D eigenvalue weighted by Crippen LogP contribution is -2.41. The second kappa shape index (κ2) is 35.7. The third kappa shape index (κ3) is 18.2. The van der Waals surface area contributed by atoms with Gasteiger partial charge in [0.2, 0.25) is 35.2 Å². The zero-order chi connectivity index (χ0) is 78.5. The Morgan fingerprint density at radius 1 is 0.394 bits per heavy atom. The van der Waals surface area contributed by atoms with Gasteiger partial charge in [-0.05, 0) is 203 Å². The molecule has 11 heteroatoms. The quantitative estimate of drug-likeness (QED) is 0.114. The molecule has 7 aromatic heterocycles. The Kier molecular flexibility index (Phi) is 26.1. The maximum Gasteiger partial charge on any atom is 0.259 e. The van der Waals surface area contributed by atoms with Crippen molar-refractivity contribution < 1.29 is 27.5 Å². The van der Waals surface area contributed by atoms with Gasteiger partial charge in [-0.2, -0.15) is 14.6 Å². The van der Waals surface area contributed by atoms with Gasteiger partial charge in [-0.25, -0.2) is 18.1 Å². The number of rotatable bonds is 12. The molecular weight excluding hydrogens is 1340 g/mol. The minimum absolute atomic E-state index is 0.169. The number of nitrogens with zero attached hydrogens (tertiary/aromatic N) is 10. The van der Waals surface area contributed by atoms with Crippen molar-refractivity contribution in [2.24, 2.45) is 35.2 Å². The monoisotopic (exact) mass is 1440 g/mol. The van der Waals surface area contributed by atoms with E-state index in [1.165, 1.54) is 106 Å². The van der Waals surface area contributed by atoms with Crippen LogP contribution in [-0.4, -0.2) is 19.3 Å². The Bertz CT molecular complexity index is 5400. The van der Waals surface area contributed by atoms with Crippen LogP contribution in [0, 0.1) is 86.4 Å². The molecule has 0 bridgehead atoms. The fourth-order valence-electron chi connectivity index (χ4n) is 14.6. The highest BCUT2D eigenvalue weighted by atomic mass is 19.1. The lowest BCUT2D eigenvalue weighted by Gasteiger charge is -2.18. The van der Waals surface area contributed by atoms with Gasteiger partial charge in [-0.15, -0.1) is 0 Å². The van der Waals surface area contributed by atoms with Crippen molar-refractivity contribution in [3.05, 3.63) is 340 Å². The number of aryl methyl sites for hydroxylation is 11. The van der Waals surface area contributed by atoms with Crippen molar-refractivity contribution in [3.8, 4) is 95.7 Å². The van der Waals surface area contributed by atoms with Crippen molar-refractivity contribution >= 4 is 0 Å². The molecule has 0 spiro atoms. The summed E-state index contributed by atoms with van der Waals surface area (Å²) in [6.45, 7) is 34.3. The summed E-state index contributed by atoms with van der Waals surface area (Å²) >= 11 is 0. The fraction of sp³-hybridized carbons (Fsp3) is 0.245. The van der Waals surface area contributed by atoms with E-state index in [1.54, 1.807) is 12.1 Å². The lowest BCUT2D eigenvalue weighted by atomic mass is 9.85. The summed E-state index contributed by atoms with van der Waals surface area (Å²) in [4.78, 5) is 9.30. The molecule has 14 rings (SSSR count).